The quantitative estimate of drug-likeness (QED) is 0.456. The molecule has 3 N–H and O–H groups in total. The van der Waals surface area contributed by atoms with Crippen molar-refractivity contribution in [3.05, 3.63) is 35.4 Å². The second kappa shape index (κ2) is 7.52. The van der Waals surface area contributed by atoms with Crippen molar-refractivity contribution in [1.82, 2.24) is 10.3 Å². The normalized spacial score (nSPS) is 11.9. The third kappa shape index (κ3) is 5.08. The monoisotopic (exact) mass is 260 g/mol. The van der Waals surface area contributed by atoms with Gasteiger partial charge in [-0.1, -0.05) is 12.1 Å². The highest BCUT2D eigenvalue weighted by Gasteiger charge is 2.11. The second-order valence-electron chi connectivity index (χ2n) is 4.68. The minimum Gasteiger partial charge on any atom is -0.299 e. The van der Waals surface area contributed by atoms with E-state index in [0.717, 1.165) is 18.5 Å². The zero-order chi connectivity index (χ0) is 14.3. The summed E-state index contributed by atoms with van der Waals surface area (Å²) in [6, 6.07) is 9.95. The van der Waals surface area contributed by atoms with Crippen molar-refractivity contribution in [1.29, 1.82) is 5.26 Å². The Morgan fingerprint density at radius 1 is 1.58 bits per heavy atom. The van der Waals surface area contributed by atoms with Crippen LogP contribution in [0, 0.1) is 11.3 Å². The fraction of sp³-hybridized carbons (Fsp3) is 0.429. The van der Waals surface area contributed by atoms with Gasteiger partial charge in [-0.15, -0.1) is 0 Å². The SMILES string of the molecule is CC(CCC(=O)NN)N(C)Cc1cccc(C#N)c1. The fourth-order valence-corrected chi connectivity index (χ4v) is 1.82. The molecule has 0 saturated carbocycles. The van der Waals surface area contributed by atoms with E-state index in [-0.39, 0.29) is 11.9 Å². The van der Waals surface area contributed by atoms with Crippen molar-refractivity contribution in [2.24, 2.45) is 5.84 Å². The van der Waals surface area contributed by atoms with Gasteiger partial charge in [0.05, 0.1) is 11.6 Å². The molecular formula is C14H20N4O. The van der Waals surface area contributed by atoms with Crippen LogP contribution in [0.4, 0.5) is 0 Å². The first-order chi connectivity index (χ1) is 9.06. The number of hydrazine groups is 1. The second-order valence-corrected chi connectivity index (χ2v) is 4.68. The number of nitriles is 1. The molecule has 0 bridgehead atoms. The molecule has 0 aromatic heterocycles. The Labute approximate surface area is 114 Å². The molecule has 0 radical (unpaired) electrons. The van der Waals surface area contributed by atoms with E-state index >= 15 is 0 Å². The molecule has 5 nitrogen and oxygen atoms in total. The molecule has 0 saturated heterocycles. The van der Waals surface area contributed by atoms with E-state index in [1.54, 1.807) is 6.07 Å². The van der Waals surface area contributed by atoms with Gasteiger partial charge < -0.3 is 0 Å². The summed E-state index contributed by atoms with van der Waals surface area (Å²) in [5.74, 6) is 4.90. The molecule has 5 heteroatoms. The first kappa shape index (κ1) is 15.2. The fourth-order valence-electron chi connectivity index (χ4n) is 1.82. The number of amides is 1. The van der Waals surface area contributed by atoms with Crippen molar-refractivity contribution in [3.8, 4) is 6.07 Å². The summed E-state index contributed by atoms with van der Waals surface area (Å²) in [5.41, 5.74) is 3.89. The lowest BCUT2D eigenvalue weighted by molar-refractivity contribution is -0.121. The first-order valence-corrected chi connectivity index (χ1v) is 6.25. The van der Waals surface area contributed by atoms with Gasteiger partial charge in [-0.25, -0.2) is 5.84 Å². The van der Waals surface area contributed by atoms with Crippen LogP contribution in [-0.4, -0.2) is 23.9 Å². The largest absolute Gasteiger partial charge is 0.299 e. The molecule has 1 amide bonds. The predicted octanol–water partition coefficient (Wildman–Crippen LogP) is 1.15. The molecule has 1 aromatic rings. The Kier molecular flexibility index (Phi) is 6.00. The summed E-state index contributed by atoms with van der Waals surface area (Å²) < 4.78 is 0. The van der Waals surface area contributed by atoms with Gasteiger partial charge in [0.15, 0.2) is 0 Å². The van der Waals surface area contributed by atoms with Crippen LogP contribution in [0.2, 0.25) is 0 Å². The molecule has 1 aromatic carbocycles. The van der Waals surface area contributed by atoms with Gasteiger partial charge in [0.1, 0.15) is 0 Å². The average Bonchev–Trinajstić information content (AvgIpc) is 2.44. The van der Waals surface area contributed by atoms with Crippen LogP contribution >= 0.6 is 0 Å². The van der Waals surface area contributed by atoms with Crippen molar-refractivity contribution in [2.75, 3.05) is 7.05 Å². The lowest BCUT2D eigenvalue weighted by Crippen LogP contribution is -2.33. The van der Waals surface area contributed by atoms with Gasteiger partial charge in [0, 0.05) is 19.0 Å². The maximum Gasteiger partial charge on any atom is 0.233 e. The summed E-state index contributed by atoms with van der Waals surface area (Å²) in [5, 5.41) is 8.86. The number of hydrogen-bond acceptors (Lipinski definition) is 4. The smallest absolute Gasteiger partial charge is 0.233 e. The number of hydrogen-bond donors (Lipinski definition) is 2. The molecule has 19 heavy (non-hydrogen) atoms. The molecule has 0 aliphatic rings. The topological polar surface area (TPSA) is 82.2 Å². The van der Waals surface area contributed by atoms with Crippen LogP contribution in [-0.2, 0) is 11.3 Å². The van der Waals surface area contributed by atoms with E-state index in [4.69, 9.17) is 11.1 Å². The first-order valence-electron chi connectivity index (χ1n) is 6.25. The lowest BCUT2D eigenvalue weighted by Gasteiger charge is -2.24. The molecule has 1 rings (SSSR count). The minimum atomic E-state index is -0.147. The van der Waals surface area contributed by atoms with Gasteiger partial charge in [-0.3, -0.25) is 15.1 Å². The standard InChI is InChI=1S/C14H20N4O/c1-11(6-7-14(19)17-16)18(2)10-13-5-3-4-12(8-13)9-15/h3-5,8,11H,6-7,10,16H2,1-2H3,(H,17,19). The van der Waals surface area contributed by atoms with Crippen LogP contribution in [0.25, 0.3) is 0 Å². The van der Waals surface area contributed by atoms with Crippen LogP contribution in [0.1, 0.15) is 30.9 Å². The van der Waals surface area contributed by atoms with E-state index in [2.05, 4.69) is 23.3 Å². The summed E-state index contributed by atoms with van der Waals surface area (Å²) in [7, 11) is 2.00. The van der Waals surface area contributed by atoms with E-state index in [1.807, 2.05) is 25.2 Å². The molecule has 0 spiro atoms. The van der Waals surface area contributed by atoms with Crippen molar-refractivity contribution in [3.63, 3.8) is 0 Å². The Hall–Kier alpha value is -1.90. The third-order valence-electron chi connectivity index (χ3n) is 3.19. The number of carbonyl (C=O) groups is 1. The number of nitrogens with zero attached hydrogens (tertiary/aromatic N) is 2. The molecule has 1 atom stereocenters. The summed E-state index contributed by atoms with van der Waals surface area (Å²) in [6.07, 6.45) is 1.16. The molecule has 0 aliphatic carbocycles. The van der Waals surface area contributed by atoms with E-state index in [9.17, 15) is 4.79 Å². The van der Waals surface area contributed by atoms with Crippen LogP contribution in [0.15, 0.2) is 24.3 Å². The Morgan fingerprint density at radius 2 is 2.32 bits per heavy atom. The molecule has 0 aliphatic heterocycles. The van der Waals surface area contributed by atoms with E-state index in [1.165, 1.54) is 0 Å². The molecular weight excluding hydrogens is 240 g/mol. The van der Waals surface area contributed by atoms with Gasteiger partial charge in [-0.2, -0.15) is 5.26 Å². The van der Waals surface area contributed by atoms with Crippen LogP contribution in [0.3, 0.4) is 0 Å². The van der Waals surface area contributed by atoms with E-state index < -0.39 is 0 Å². The maximum absolute atomic E-state index is 11.1. The minimum absolute atomic E-state index is 0.147. The molecule has 0 fully saturated rings. The summed E-state index contributed by atoms with van der Waals surface area (Å²) in [4.78, 5) is 13.2. The van der Waals surface area contributed by atoms with Gasteiger partial charge in [0.2, 0.25) is 5.91 Å². The van der Waals surface area contributed by atoms with Crippen LogP contribution in [0.5, 0.6) is 0 Å². The van der Waals surface area contributed by atoms with Gasteiger partial charge in [0.25, 0.3) is 0 Å². The number of nitrogens with one attached hydrogen (secondary N) is 1. The number of nitrogens with two attached hydrogens (primary N) is 1. The Balaban J connectivity index is 2.51. The lowest BCUT2D eigenvalue weighted by atomic mass is 10.1. The highest BCUT2D eigenvalue weighted by atomic mass is 16.2. The van der Waals surface area contributed by atoms with Crippen molar-refractivity contribution >= 4 is 5.91 Å². The average molecular weight is 260 g/mol. The van der Waals surface area contributed by atoms with Gasteiger partial charge in [-0.05, 0) is 38.1 Å². The molecule has 1 unspecified atom stereocenters. The molecule has 0 heterocycles. The maximum atomic E-state index is 11.1. The summed E-state index contributed by atoms with van der Waals surface area (Å²) >= 11 is 0. The highest BCUT2D eigenvalue weighted by Crippen LogP contribution is 2.11. The Bertz CT molecular complexity index is 467. The Morgan fingerprint density at radius 3 is 2.95 bits per heavy atom. The van der Waals surface area contributed by atoms with Crippen molar-refractivity contribution in [2.45, 2.75) is 32.4 Å². The van der Waals surface area contributed by atoms with Crippen molar-refractivity contribution < 1.29 is 4.79 Å². The third-order valence-corrected chi connectivity index (χ3v) is 3.19. The zero-order valence-electron chi connectivity index (χ0n) is 11.4. The molecule has 102 valence electrons. The number of carbonyl (C=O) groups excluding carboxylic acids is 1. The zero-order valence-corrected chi connectivity index (χ0v) is 11.4. The van der Waals surface area contributed by atoms with Gasteiger partial charge >= 0.3 is 0 Å². The highest BCUT2D eigenvalue weighted by molar-refractivity contribution is 5.75. The van der Waals surface area contributed by atoms with E-state index in [0.29, 0.717) is 12.0 Å². The predicted molar refractivity (Wildman–Crippen MR) is 73.7 cm³/mol. The number of rotatable bonds is 6. The number of benzene rings is 1. The summed E-state index contributed by atoms with van der Waals surface area (Å²) in [6.45, 7) is 2.82. The van der Waals surface area contributed by atoms with Crippen LogP contribution < -0.4 is 11.3 Å².